The Morgan fingerprint density at radius 3 is 1.95 bits per heavy atom. The molecule has 5 nitrogen and oxygen atoms in total. The van der Waals surface area contributed by atoms with Crippen molar-refractivity contribution in [3.63, 3.8) is 0 Å². The minimum atomic E-state index is -2.53. The zero-order valence-electron chi connectivity index (χ0n) is 14.9. The third kappa shape index (κ3) is 7.96. The lowest BCUT2D eigenvalue weighted by Gasteiger charge is -2.28. The van der Waals surface area contributed by atoms with Crippen molar-refractivity contribution in [1.82, 2.24) is 0 Å². The molecular formula is C15H32O5SSi. The maximum Gasteiger partial charge on any atom is 0.500 e. The highest BCUT2D eigenvalue weighted by molar-refractivity contribution is 7.99. The minimum absolute atomic E-state index is 0.165. The van der Waals surface area contributed by atoms with Crippen molar-refractivity contribution in [1.29, 1.82) is 0 Å². The first kappa shape index (κ1) is 21.9. The van der Waals surface area contributed by atoms with E-state index < -0.39 is 14.2 Å². The van der Waals surface area contributed by atoms with E-state index in [0.29, 0.717) is 19.8 Å². The highest BCUT2D eigenvalue weighted by atomic mass is 32.2. The van der Waals surface area contributed by atoms with Gasteiger partial charge in [-0.3, -0.25) is 4.79 Å². The predicted octanol–water partition coefficient (Wildman–Crippen LogP) is 3.36. The van der Waals surface area contributed by atoms with E-state index in [1.54, 1.807) is 11.8 Å². The zero-order valence-corrected chi connectivity index (χ0v) is 16.7. The van der Waals surface area contributed by atoms with Crippen molar-refractivity contribution in [2.24, 2.45) is 5.41 Å². The second-order valence-corrected chi connectivity index (χ2v) is 9.35. The van der Waals surface area contributed by atoms with Crippen molar-refractivity contribution in [3.05, 3.63) is 0 Å². The second-order valence-electron chi connectivity index (χ2n) is 5.51. The smallest absolute Gasteiger partial charge is 0.469 e. The molecule has 0 aromatic rings. The lowest BCUT2D eigenvalue weighted by Crippen LogP contribution is -2.46. The number of thioether (sulfide) groups is 1. The van der Waals surface area contributed by atoms with E-state index in [1.807, 2.05) is 34.6 Å². The van der Waals surface area contributed by atoms with Gasteiger partial charge < -0.3 is 18.0 Å². The van der Waals surface area contributed by atoms with E-state index in [9.17, 15) is 4.79 Å². The van der Waals surface area contributed by atoms with Gasteiger partial charge in [0.1, 0.15) is 0 Å². The van der Waals surface area contributed by atoms with Crippen LogP contribution in [0, 0.1) is 5.41 Å². The normalized spacial score (nSPS) is 12.5. The van der Waals surface area contributed by atoms with Gasteiger partial charge in [-0.05, 0) is 46.8 Å². The first-order valence-corrected chi connectivity index (χ1v) is 11.0. The molecule has 0 radical (unpaired) electrons. The molecule has 0 N–H and O–H groups in total. The molecule has 132 valence electrons. The number of esters is 1. The monoisotopic (exact) mass is 352 g/mol. The van der Waals surface area contributed by atoms with E-state index in [-0.39, 0.29) is 5.97 Å². The summed E-state index contributed by atoms with van der Waals surface area (Å²) in [6.07, 6.45) is 0.953. The molecule has 0 aliphatic carbocycles. The van der Waals surface area contributed by atoms with Gasteiger partial charge in [0.25, 0.3) is 0 Å². The maximum atomic E-state index is 11.6. The largest absolute Gasteiger partial charge is 0.500 e. The molecule has 22 heavy (non-hydrogen) atoms. The Balaban J connectivity index is 4.25. The van der Waals surface area contributed by atoms with E-state index in [4.69, 9.17) is 18.0 Å². The van der Waals surface area contributed by atoms with Gasteiger partial charge >= 0.3 is 14.8 Å². The quantitative estimate of drug-likeness (QED) is 0.288. The highest BCUT2D eigenvalue weighted by Crippen LogP contribution is 2.25. The van der Waals surface area contributed by atoms with E-state index >= 15 is 0 Å². The fraction of sp³-hybridized carbons (Fsp3) is 0.933. The average molecular weight is 353 g/mol. The number of hydrogen-bond acceptors (Lipinski definition) is 6. The topological polar surface area (TPSA) is 54.0 Å². The Kier molecular flexibility index (Phi) is 11.4. The van der Waals surface area contributed by atoms with Crippen LogP contribution in [0.1, 0.15) is 41.0 Å². The maximum absolute atomic E-state index is 11.6. The molecule has 0 aliphatic rings. The van der Waals surface area contributed by atoms with Crippen LogP contribution in [0.5, 0.6) is 0 Å². The summed E-state index contributed by atoms with van der Waals surface area (Å²) in [6.45, 7) is 11.5. The molecule has 0 spiro atoms. The van der Waals surface area contributed by atoms with Crippen LogP contribution < -0.4 is 0 Å². The standard InChI is InChI=1S/C15H32O5SSi/c1-7-18-22(19-8-2,20-9-3)12-10-11-21-13-15(4,5)14(16)17-6/h7-13H2,1-6H3. The van der Waals surface area contributed by atoms with Crippen LogP contribution in [-0.2, 0) is 22.8 Å². The van der Waals surface area contributed by atoms with Crippen LogP contribution in [0.4, 0.5) is 0 Å². The second kappa shape index (κ2) is 11.5. The first-order chi connectivity index (χ1) is 10.4. The third-order valence-corrected chi connectivity index (χ3v) is 7.72. The average Bonchev–Trinajstić information content (AvgIpc) is 2.46. The number of ether oxygens (including phenoxy) is 1. The summed E-state index contributed by atoms with van der Waals surface area (Å²) in [6, 6.07) is 0.814. The molecular weight excluding hydrogens is 320 g/mol. The summed E-state index contributed by atoms with van der Waals surface area (Å²) in [5, 5.41) is 0. The zero-order chi connectivity index (χ0) is 17.1. The SMILES string of the molecule is CCO[Si](CCCSCC(C)(C)C(=O)OC)(OCC)OCC. The Bertz CT molecular complexity index is 295. The number of carbonyl (C=O) groups is 1. The molecule has 0 atom stereocenters. The number of hydrogen-bond donors (Lipinski definition) is 0. The van der Waals surface area contributed by atoms with Gasteiger partial charge in [0, 0.05) is 31.6 Å². The van der Waals surface area contributed by atoms with Crippen LogP contribution in [0.15, 0.2) is 0 Å². The van der Waals surface area contributed by atoms with Crippen molar-refractivity contribution in [2.75, 3.05) is 38.4 Å². The highest BCUT2D eigenvalue weighted by Gasteiger charge is 2.39. The fourth-order valence-electron chi connectivity index (χ4n) is 2.05. The molecule has 7 heteroatoms. The molecule has 0 aromatic carbocycles. The molecule has 0 aliphatic heterocycles. The summed E-state index contributed by atoms with van der Waals surface area (Å²) < 4.78 is 22.3. The Morgan fingerprint density at radius 1 is 1.05 bits per heavy atom. The van der Waals surface area contributed by atoms with E-state index in [1.165, 1.54) is 7.11 Å². The van der Waals surface area contributed by atoms with Crippen LogP contribution in [0.25, 0.3) is 0 Å². The van der Waals surface area contributed by atoms with Gasteiger partial charge in [-0.1, -0.05) is 0 Å². The van der Waals surface area contributed by atoms with Gasteiger partial charge in [-0.2, -0.15) is 11.8 Å². The lowest BCUT2D eigenvalue weighted by molar-refractivity contribution is -0.149. The molecule has 0 rings (SSSR count). The summed E-state index contributed by atoms with van der Waals surface area (Å²) in [7, 11) is -1.09. The van der Waals surface area contributed by atoms with Crippen molar-refractivity contribution < 1.29 is 22.8 Å². The van der Waals surface area contributed by atoms with E-state index in [2.05, 4.69) is 0 Å². The van der Waals surface area contributed by atoms with Gasteiger partial charge in [-0.15, -0.1) is 0 Å². The Morgan fingerprint density at radius 2 is 1.55 bits per heavy atom. The van der Waals surface area contributed by atoms with Gasteiger partial charge in [0.2, 0.25) is 0 Å². The number of rotatable bonds is 13. The van der Waals surface area contributed by atoms with Gasteiger partial charge in [0.05, 0.1) is 12.5 Å². The molecule has 0 saturated carbocycles. The minimum Gasteiger partial charge on any atom is -0.469 e. The molecule has 0 aromatic heterocycles. The summed E-state index contributed by atoms with van der Waals surface area (Å²) in [5.74, 6) is 1.52. The van der Waals surface area contributed by atoms with E-state index in [0.717, 1.165) is 24.0 Å². The van der Waals surface area contributed by atoms with Crippen LogP contribution in [-0.4, -0.2) is 53.2 Å². The molecule has 0 unspecified atom stereocenters. The Labute approximate surface area is 140 Å². The van der Waals surface area contributed by atoms with Crippen LogP contribution >= 0.6 is 11.8 Å². The molecule has 0 fully saturated rings. The van der Waals surface area contributed by atoms with Crippen LogP contribution in [0.2, 0.25) is 6.04 Å². The van der Waals surface area contributed by atoms with Crippen molar-refractivity contribution in [3.8, 4) is 0 Å². The Hall–Kier alpha value is -0.0831. The lowest BCUT2D eigenvalue weighted by atomic mass is 9.97. The molecule has 0 heterocycles. The summed E-state index contributed by atoms with van der Waals surface area (Å²) in [4.78, 5) is 11.6. The van der Waals surface area contributed by atoms with Crippen molar-refractivity contribution >= 4 is 26.5 Å². The fourth-order valence-corrected chi connectivity index (χ4v) is 6.04. The van der Waals surface area contributed by atoms with Crippen molar-refractivity contribution in [2.45, 2.75) is 47.1 Å². The predicted molar refractivity (Wildman–Crippen MR) is 93.2 cm³/mol. The van der Waals surface area contributed by atoms with Crippen LogP contribution in [0.3, 0.4) is 0 Å². The summed E-state index contributed by atoms with van der Waals surface area (Å²) in [5.41, 5.74) is -0.451. The summed E-state index contributed by atoms with van der Waals surface area (Å²) >= 11 is 1.75. The number of carbonyl (C=O) groups excluding carboxylic acids is 1. The first-order valence-electron chi connectivity index (χ1n) is 7.95. The third-order valence-electron chi connectivity index (χ3n) is 3.07. The van der Waals surface area contributed by atoms with Gasteiger partial charge in [0.15, 0.2) is 0 Å². The number of methoxy groups -OCH3 is 1. The molecule has 0 amide bonds. The molecule has 0 saturated heterocycles. The van der Waals surface area contributed by atoms with Gasteiger partial charge in [-0.25, -0.2) is 0 Å². The molecule has 0 bridgehead atoms.